The number of primary amides is 1. The van der Waals surface area contributed by atoms with E-state index in [-0.39, 0.29) is 5.69 Å². The van der Waals surface area contributed by atoms with Crippen molar-refractivity contribution in [2.75, 3.05) is 0 Å². The topological polar surface area (TPSA) is 112 Å². The average Bonchev–Trinajstić information content (AvgIpc) is 2.79. The SMILES string of the molecule is NC(=O)c1ccc(-c2cc(-c3ccc([N+](=O)[O-])cc3)nc(-c3cccc(Br)n3)c2)cc1. The summed E-state index contributed by atoms with van der Waals surface area (Å²) in [6.45, 7) is 0. The van der Waals surface area contributed by atoms with Gasteiger partial charge in [-0.1, -0.05) is 18.2 Å². The number of carbonyl (C=O) groups excluding carboxylic acids is 1. The molecule has 7 nitrogen and oxygen atoms in total. The molecule has 4 aromatic rings. The molecule has 2 heterocycles. The third kappa shape index (κ3) is 4.49. The Morgan fingerprint density at radius 1 is 0.806 bits per heavy atom. The van der Waals surface area contributed by atoms with Crippen molar-refractivity contribution in [3.8, 4) is 33.8 Å². The summed E-state index contributed by atoms with van der Waals surface area (Å²) in [4.78, 5) is 31.1. The standard InChI is InChI=1S/C23H15BrN4O3/c24-22-3-1-2-19(27-22)21-13-17(14-4-6-16(7-5-14)23(25)29)12-20(26-21)15-8-10-18(11-9-15)28(30)31/h1-13H,(H2,25,29). The van der Waals surface area contributed by atoms with Crippen LogP contribution in [0.2, 0.25) is 0 Å². The van der Waals surface area contributed by atoms with Crippen LogP contribution in [0.25, 0.3) is 33.8 Å². The Balaban J connectivity index is 1.86. The number of nitro benzene ring substituents is 1. The zero-order valence-electron chi connectivity index (χ0n) is 16.0. The number of nitrogens with two attached hydrogens (primary N) is 1. The molecule has 2 aromatic carbocycles. The molecule has 1 amide bonds. The highest BCUT2D eigenvalue weighted by Crippen LogP contribution is 2.31. The number of nitro groups is 1. The van der Waals surface area contributed by atoms with Crippen LogP contribution in [0.1, 0.15) is 10.4 Å². The lowest BCUT2D eigenvalue weighted by Crippen LogP contribution is -2.10. The molecule has 0 fully saturated rings. The number of pyridine rings is 2. The van der Waals surface area contributed by atoms with Gasteiger partial charge >= 0.3 is 0 Å². The first-order chi connectivity index (χ1) is 14.9. The Morgan fingerprint density at radius 2 is 1.45 bits per heavy atom. The fourth-order valence-corrected chi connectivity index (χ4v) is 3.45. The maximum Gasteiger partial charge on any atom is 0.269 e. The fourth-order valence-electron chi connectivity index (χ4n) is 3.11. The molecule has 0 aliphatic rings. The number of amides is 1. The molecule has 2 N–H and O–H groups in total. The summed E-state index contributed by atoms with van der Waals surface area (Å²) in [5.41, 5.74) is 10.2. The zero-order valence-corrected chi connectivity index (χ0v) is 17.6. The van der Waals surface area contributed by atoms with Gasteiger partial charge in [0, 0.05) is 23.3 Å². The molecule has 0 bridgehead atoms. The van der Waals surface area contributed by atoms with Gasteiger partial charge < -0.3 is 5.73 Å². The first-order valence-electron chi connectivity index (χ1n) is 9.21. The van der Waals surface area contributed by atoms with E-state index in [4.69, 9.17) is 10.7 Å². The molecule has 0 saturated heterocycles. The molecule has 0 spiro atoms. The molecule has 152 valence electrons. The third-order valence-electron chi connectivity index (χ3n) is 4.68. The first kappa shape index (κ1) is 20.4. The summed E-state index contributed by atoms with van der Waals surface area (Å²) in [5, 5.41) is 11.0. The van der Waals surface area contributed by atoms with Crippen molar-refractivity contribution in [3.05, 3.63) is 99.1 Å². The normalized spacial score (nSPS) is 10.6. The molecular weight excluding hydrogens is 460 g/mol. The van der Waals surface area contributed by atoms with Crippen LogP contribution < -0.4 is 5.73 Å². The van der Waals surface area contributed by atoms with E-state index in [1.54, 1.807) is 24.3 Å². The van der Waals surface area contributed by atoms with E-state index in [0.29, 0.717) is 27.2 Å². The molecule has 8 heteroatoms. The van der Waals surface area contributed by atoms with Crippen molar-refractivity contribution in [2.24, 2.45) is 5.73 Å². The van der Waals surface area contributed by atoms with Gasteiger partial charge in [0.1, 0.15) is 4.60 Å². The Bertz CT molecular complexity index is 1210. The van der Waals surface area contributed by atoms with Crippen molar-refractivity contribution >= 4 is 27.5 Å². The van der Waals surface area contributed by atoms with Crippen molar-refractivity contribution in [1.82, 2.24) is 9.97 Å². The largest absolute Gasteiger partial charge is 0.366 e. The highest BCUT2D eigenvalue weighted by molar-refractivity contribution is 9.10. The molecule has 4 rings (SSSR count). The van der Waals surface area contributed by atoms with Crippen LogP contribution in [0.3, 0.4) is 0 Å². The van der Waals surface area contributed by atoms with Gasteiger partial charge in [-0.15, -0.1) is 0 Å². The van der Waals surface area contributed by atoms with Crippen LogP contribution in [0.15, 0.2) is 83.5 Å². The lowest BCUT2D eigenvalue weighted by Gasteiger charge is -2.10. The van der Waals surface area contributed by atoms with Gasteiger partial charge in [-0.3, -0.25) is 14.9 Å². The fraction of sp³-hybridized carbons (Fsp3) is 0. The van der Waals surface area contributed by atoms with E-state index < -0.39 is 10.8 Å². The number of rotatable bonds is 5. The van der Waals surface area contributed by atoms with E-state index >= 15 is 0 Å². The number of carbonyl (C=O) groups is 1. The van der Waals surface area contributed by atoms with Crippen LogP contribution >= 0.6 is 15.9 Å². The predicted molar refractivity (Wildman–Crippen MR) is 121 cm³/mol. The average molecular weight is 475 g/mol. The molecule has 0 radical (unpaired) electrons. The second kappa shape index (κ2) is 8.45. The lowest BCUT2D eigenvalue weighted by atomic mass is 10.00. The summed E-state index contributed by atoms with van der Waals surface area (Å²) in [6.07, 6.45) is 0. The minimum Gasteiger partial charge on any atom is -0.366 e. The second-order valence-electron chi connectivity index (χ2n) is 6.72. The van der Waals surface area contributed by atoms with Crippen LogP contribution in [0.5, 0.6) is 0 Å². The van der Waals surface area contributed by atoms with Crippen molar-refractivity contribution in [3.63, 3.8) is 0 Å². The minimum absolute atomic E-state index is 0.0100. The number of benzene rings is 2. The quantitative estimate of drug-likeness (QED) is 0.241. The molecule has 0 unspecified atom stereocenters. The van der Waals surface area contributed by atoms with Crippen LogP contribution in [-0.4, -0.2) is 20.8 Å². The van der Waals surface area contributed by atoms with E-state index in [1.807, 2.05) is 42.5 Å². The molecule has 31 heavy (non-hydrogen) atoms. The van der Waals surface area contributed by atoms with Gasteiger partial charge in [-0.2, -0.15) is 0 Å². The van der Waals surface area contributed by atoms with Gasteiger partial charge in [0.25, 0.3) is 5.69 Å². The van der Waals surface area contributed by atoms with E-state index in [9.17, 15) is 14.9 Å². The summed E-state index contributed by atoms with van der Waals surface area (Å²) < 4.78 is 0.680. The highest BCUT2D eigenvalue weighted by atomic mass is 79.9. The highest BCUT2D eigenvalue weighted by Gasteiger charge is 2.12. The maximum absolute atomic E-state index is 11.4. The number of non-ortho nitro benzene ring substituents is 1. The van der Waals surface area contributed by atoms with Crippen LogP contribution in [0, 0.1) is 10.1 Å². The van der Waals surface area contributed by atoms with Crippen molar-refractivity contribution in [1.29, 1.82) is 0 Å². The molecular formula is C23H15BrN4O3. The van der Waals surface area contributed by atoms with Crippen molar-refractivity contribution < 1.29 is 9.72 Å². The maximum atomic E-state index is 11.4. The van der Waals surface area contributed by atoms with Crippen LogP contribution in [0.4, 0.5) is 5.69 Å². The monoisotopic (exact) mass is 474 g/mol. The number of hydrogen-bond donors (Lipinski definition) is 1. The number of nitrogens with zero attached hydrogens (tertiary/aromatic N) is 3. The van der Waals surface area contributed by atoms with Gasteiger partial charge in [0.05, 0.1) is 22.0 Å². The zero-order chi connectivity index (χ0) is 22.0. The predicted octanol–water partition coefficient (Wildman–Crippen LogP) is 5.25. The number of aromatic nitrogens is 2. The van der Waals surface area contributed by atoms with Gasteiger partial charge in [0.2, 0.25) is 5.91 Å². The molecule has 0 aliphatic carbocycles. The van der Waals surface area contributed by atoms with E-state index in [1.165, 1.54) is 12.1 Å². The molecule has 0 atom stereocenters. The first-order valence-corrected chi connectivity index (χ1v) is 10.00. The summed E-state index contributed by atoms with van der Waals surface area (Å²) >= 11 is 3.38. The molecule has 0 saturated carbocycles. The van der Waals surface area contributed by atoms with Crippen molar-refractivity contribution in [2.45, 2.75) is 0 Å². The van der Waals surface area contributed by atoms with E-state index in [0.717, 1.165) is 16.7 Å². The summed E-state index contributed by atoms with van der Waals surface area (Å²) in [7, 11) is 0. The second-order valence-corrected chi connectivity index (χ2v) is 7.53. The Labute approximate surface area is 185 Å². The Morgan fingerprint density at radius 3 is 2.06 bits per heavy atom. The summed E-state index contributed by atoms with van der Waals surface area (Å²) in [6, 6.07) is 22.5. The molecule has 2 aromatic heterocycles. The Hall–Kier alpha value is -3.91. The number of halogens is 1. The molecule has 0 aliphatic heterocycles. The van der Waals surface area contributed by atoms with Gasteiger partial charge in [-0.05, 0) is 75.6 Å². The minimum atomic E-state index is -0.494. The smallest absolute Gasteiger partial charge is 0.269 e. The van der Waals surface area contributed by atoms with Crippen LogP contribution in [-0.2, 0) is 0 Å². The summed E-state index contributed by atoms with van der Waals surface area (Å²) in [5.74, 6) is -0.494. The van der Waals surface area contributed by atoms with Gasteiger partial charge in [0.15, 0.2) is 0 Å². The van der Waals surface area contributed by atoms with E-state index in [2.05, 4.69) is 20.9 Å². The third-order valence-corrected chi connectivity index (χ3v) is 5.12. The van der Waals surface area contributed by atoms with Gasteiger partial charge in [-0.25, -0.2) is 9.97 Å². The number of hydrogen-bond acceptors (Lipinski definition) is 5. The lowest BCUT2D eigenvalue weighted by molar-refractivity contribution is -0.384. The Kier molecular flexibility index (Phi) is 5.55.